The normalized spacial score (nSPS) is 11.7. The van der Waals surface area contributed by atoms with E-state index in [0.717, 1.165) is 40.2 Å². The van der Waals surface area contributed by atoms with E-state index in [9.17, 15) is 9.59 Å². The van der Waals surface area contributed by atoms with E-state index in [0.29, 0.717) is 34.6 Å². The van der Waals surface area contributed by atoms with Crippen molar-refractivity contribution in [2.24, 2.45) is 0 Å². The quantitative estimate of drug-likeness (QED) is 0.442. The van der Waals surface area contributed by atoms with Gasteiger partial charge in [0.2, 0.25) is 5.91 Å². The molecule has 0 fully saturated rings. The summed E-state index contributed by atoms with van der Waals surface area (Å²) in [6, 6.07) is 5.48. The van der Waals surface area contributed by atoms with Crippen LogP contribution in [0.5, 0.6) is 0 Å². The zero-order valence-corrected chi connectivity index (χ0v) is 19.2. The number of Topliss-reactive ketones (excluding diaryl/α,β-unsaturated/α-hetero) is 1. The van der Waals surface area contributed by atoms with Crippen LogP contribution in [0, 0.1) is 11.8 Å². The summed E-state index contributed by atoms with van der Waals surface area (Å²) in [4.78, 5) is 37.2. The van der Waals surface area contributed by atoms with Gasteiger partial charge in [-0.25, -0.2) is 15.0 Å². The number of ketones is 1. The molecule has 0 radical (unpaired) electrons. The van der Waals surface area contributed by atoms with Gasteiger partial charge in [0.15, 0.2) is 11.0 Å². The highest BCUT2D eigenvalue weighted by molar-refractivity contribution is 7.19. The fourth-order valence-corrected chi connectivity index (χ4v) is 4.59. The van der Waals surface area contributed by atoms with Gasteiger partial charge in [-0.15, -0.1) is 0 Å². The molecule has 1 aliphatic rings. The third-order valence-electron chi connectivity index (χ3n) is 4.72. The minimum Gasteiger partial charge on any atom is -0.302 e. The molecule has 9 heteroatoms. The number of rotatable bonds is 5. The number of aromatic nitrogens is 3. The lowest BCUT2D eigenvalue weighted by atomic mass is 9.99. The zero-order valence-electron chi connectivity index (χ0n) is 17.6. The molecule has 1 aliphatic carbocycles. The van der Waals surface area contributed by atoms with Crippen LogP contribution >= 0.6 is 22.9 Å². The summed E-state index contributed by atoms with van der Waals surface area (Å²) < 4.78 is 0. The second-order valence-corrected chi connectivity index (χ2v) is 8.75. The summed E-state index contributed by atoms with van der Waals surface area (Å²) in [5.41, 5.74) is 4.27. The minimum atomic E-state index is -0.152. The summed E-state index contributed by atoms with van der Waals surface area (Å²) in [6.07, 6.45) is 3.40. The lowest BCUT2D eigenvalue weighted by molar-refractivity contribution is -0.116. The van der Waals surface area contributed by atoms with Gasteiger partial charge in [-0.2, -0.15) is 0 Å². The molecule has 0 saturated heterocycles. The van der Waals surface area contributed by atoms with Gasteiger partial charge in [-0.3, -0.25) is 14.9 Å². The summed E-state index contributed by atoms with van der Waals surface area (Å²) in [6.45, 7) is 3.70. The van der Waals surface area contributed by atoms with Crippen molar-refractivity contribution in [1.29, 1.82) is 0 Å². The number of aryl methyl sites for hydroxylation is 2. The standard InChI is InChI=1S/C23H20ClN5O2S/c1-13(30)11-25-9-3-4-15-5-7-18(24)17(10-15)22-26-12-16-6-8-19-21(20(16)29-22)32-23(28-19)27-14(2)31/h5,7,10,12,25H,6,8-9,11H2,1-2H3,(H,27,28,31). The maximum Gasteiger partial charge on any atom is 0.223 e. The van der Waals surface area contributed by atoms with Crippen LogP contribution < -0.4 is 10.6 Å². The zero-order chi connectivity index (χ0) is 22.7. The molecule has 162 valence electrons. The molecule has 0 unspecified atom stereocenters. The molecule has 2 aromatic heterocycles. The monoisotopic (exact) mass is 465 g/mol. The second-order valence-electron chi connectivity index (χ2n) is 7.35. The third-order valence-corrected chi connectivity index (χ3v) is 6.07. The number of hydrogen-bond acceptors (Lipinski definition) is 7. The second kappa shape index (κ2) is 9.57. The Bertz CT molecular complexity index is 1280. The molecular weight excluding hydrogens is 446 g/mol. The Kier molecular flexibility index (Phi) is 6.61. The molecule has 1 aromatic carbocycles. The Morgan fingerprint density at radius 3 is 2.84 bits per heavy atom. The number of amides is 1. The molecule has 0 aliphatic heterocycles. The molecule has 0 saturated carbocycles. The fourth-order valence-electron chi connectivity index (χ4n) is 3.30. The van der Waals surface area contributed by atoms with E-state index in [1.807, 2.05) is 18.3 Å². The maximum atomic E-state index is 11.4. The Balaban J connectivity index is 1.64. The van der Waals surface area contributed by atoms with Crippen molar-refractivity contribution in [3.63, 3.8) is 0 Å². The van der Waals surface area contributed by atoms with E-state index < -0.39 is 0 Å². The van der Waals surface area contributed by atoms with Crippen molar-refractivity contribution in [3.8, 4) is 33.8 Å². The topological polar surface area (TPSA) is 96.9 Å². The number of nitrogens with zero attached hydrogens (tertiary/aromatic N) is 3. The predicted octanol–water partition coefficient (Wildman–Crippen LogP) is 3.51. The van der Waals surface area contributed by atoms with E-state index >= 15 is 0 Å². The van der Waals surface area contributed by atoms with Crippen LogP contribution in [-0.4, -0.2) is 39.7 Å². The van der Waals surface area contributed by atoms with Crippen LogP contribution in [0.3, 0.4) is 0 Å². The van der Waals surface area contributed by atoms with E-state index in [4.69, 9.17) is 16.6 Å². The van der Waals surface area contributed by atoms with Gasteiger partial charge >= 0.3 is 0 Å². The molecule has 3 aromatic rings. The molecule has 1 amide bonds. The first-order valence-corrected chi connectivity index (χ1v) is 11.2. The van der Waals surface area contributed by atoms with Crippen molar-refractivity contribution in [2.45, 2.75) is 26.7 Å². The maximum absolute atomic E-state index is 11.4. The number of halogens is 1. The molecule has 0 bridgehead atoms. The average Bonchev–Trinajstić information content (AvgIpc) is 3.16. The van der Waals surface area contributed by atoms with Gasteiger partial charge in [0.05, 0.1) is 34.4 Å². The van der Waals surface area contributed by atoms with Crippen molar-refractivity contribution in [3.05, 3.63) is 46.2 Å². The predicted molar refractivity (Wildman–Crippen MR) is 126 cm³/mol. The largest absolute Gasteiger partial charge is 0.302 e. The van der Waals surface area contributed by atoms with Crippen LogP contribution in [-0.2, 0) is 22.4 Å². The number of hydrogen-bond donors (Lipinski definition) is 2. The third kappa shape index (κ3) is 5.02. The molecule has 0 spiro atoms. The van der Waals surface area contributed by atoms with Gasteiger partial charge in [-0.05, 0) is 43.5 Å². The van der Waals surface area contributed by atoms with Crippen LogP contribution in [0.25, 0.3) is 22.0 Å². The minimum absolute atomic E-state index is 0.0680. The molecule has 4 rings (SSSR count). The highest BCUT2D eigenvalue weighted by Crippen LogP contribution is 2.39. The Morgan fingerprint density at radius 2 is 2.06 bits per heavy atom. The number of carbonyl (C=O) groups is 2. The summed E-state index contributed by atoms with van der Waals surface area (Å²) in [5, 5.41) is 6.83. The number of benzene rings is 1. The number of nitrogens with one attached hydrogen (secondary N) is 2. The first-order chi connectivity index (χ1) is 15.4. The number of fused-ring (bicyclic) bond motifs is 3. The van der Waals surface area contributed by atoms with Gasteiger partial charge in [0.1, 0.15) is 5.78 Å². The van der Waals surface area contributed by atoms with Crippen molar-refractivity contribution in [1.82, 2.24) is 20.3 Å². The van der Waals surface area contributed by atoms with Gasteiger partial charge in [0.25, 0.3) is 0 Å². The smallest absolute Gasteiger partial charge is 0.223 e. The van der Waals surface area contributed by atoms with Crippen LogP contribution in [0.15, 0.2) is 24.4 Å². The Hall–Kier alpha value is -3.12. The summed E-state index contributed by atoms with van der Waals surface area (Å²) in [7, 11) is 0. The molecule has 7 nitrogen and oxygen atoms in total. The number of thiazole rings is 1. The summed E-state index contributed by atoms with van der Waals surface area (Å²) >= 11 is 7.87. The van der Waals surface area contributed by atoms with Crippen LogP contribution in [0.4, 0.5) is 5.13 Å². The van der Waals surface area contributed by atoms with Crippen LogP contribution in [0.1, 0.15) is 30.7 Å². The molecule has 2 heterocycles. The lowest BCUT2D eigenvalue weighted by Crippen LogP contribution is -2.20. The van der Waals surface area contributed by atoms with E-state index in [-0.39, 0.29) is 11.7 Å². The lowest BCUT2D eigenvalue weighted by Gasteiger charge is -2.15. The first kappa shape index (κ1) is 22.1. The van der Waals surface area contributed by atoms with E-state index in [2.05, 4.69) is 32.4 Å². The number of carbonyl (C=O) groups excluding carboxylic acids is 2. The SMILES string of the molecule is CC(=O)CNCC#Cc1ccc(Cl)c(-c2ncc3c(n2)-c2sc(NC(C)=O)nc2CC3)c1. The molecule has 32 heavy (non-hydrogen) atoms. The summed E-state index contributed by atoms with van der Waals surface area (Å²) in [5.74, 6) is 6.49. The Morgan fingerprint density at radius 1 is 1.22 bits per heavy atom. The van der Waals surface area contributed by atoms with Gasteiger partial charge in [0, 0.05) is 24.2 Å². The van der Waals surface area contributed by atoms with Crippen molar-refractivity contribution >= 4 is 39.8 Å². The van der Waals surface area contributed by atoms with E-state index in [1.54, 1.807) is 6.07 Å². The first-order valence-electron chi connectivity index (χ1n) is 10.0. The van der Waals surface area contributed by atoms with Crippen molar-refractivity contribution < 1.29 is 9.59 Å². The van der Waals surface area contributed by atoms with Gasteiger partial charge < -0.3 is 5.32 Å². The average molecular weight is 466 g/mol. The Labute approximate surface area is 194 Å². The van der Waals surface area contributed by atoms with Gasteiger partial charge in [-0.1, -0.05) is 34.8 Å². The molecular formula is C23H20ClN5O2S. The number of anilines is 1. The molecule has 2 N–H and O–H groups in total. The van der Waals surface area contributed by atoms with E-state index in [1.165, 1.54) is 25.2 Å². The fraction of sp³-hybridized carbons (Fsp3) is 0.261. The van der Waals surface area contributed by atoms with Crippen LogP contribution in [0.2, 0.25) is 5.02 Å². The highest BCUT2D eigenvalue weighted by Gasteiger charge is 2.24. The highest BCUT2D eigenvalue weighted by atomic mass is 35.5. The molecule has 0 atom stereocenters. The van der Waals surface area contributed by atoms with Crippen molar-refractivity contribution in [2.75, 3.05) is 18.4 Å².